The molecule has 0 bridgehead atoms. The zero-order valence-corrected chi connectivity index (χ0v) is 9.05. The Morgan fingerprint density at radius 2 is 2.50 bits per heavy atom. The third kappa shape index (κ3) is 1.85. The molecule has 0 N–H and O–H groups in total. The van der Waals surface area contributed by atoms with Gasteiger partial charge in [0.2, 0.25) is 0 Å². The van der Waals surface area contributed by atoms with E-state index in [0.29, 0.717) is 6.10 Å². The van der Waals surface area contributed by atoms with Crippen molar-refractivity contribution in [1.29, 1.82) is 0 Å². The smallest absolute Gasteiger partial charge is 0.0822 e. The molecule has 1 unspecified atom stereocenters. The summed E-state index contributed by atoms with van der Waals surface area (Å²) >= 11 is 1.91. The van der Waals surface area contributed by atoms with Gasteiger partial charge in [-0.25, -0.2) is 0 Å². The molecule has 1 atom stereocenters. The molecule has 14 heavy (non-hydrogen) atoms. The molecule has 0 radical (unpaired) electrons. The fourth-order valence-electron chi connectivity index (χ4n) is 2.06. The number of thiophene rings is 1. The van der Waals surface area contributed by atoms with E-state index in [4.69, 9.17) is 4.74 Å². The number of nitrogens with zero attached hydrogens (tertiary/aromatic N) is 1. The summed E-state index contributed by atoms with van der Waals surface area (Å²) in [5.41, 5.74) is 1.55. The van der Waals surface area contributed by atoms with Crippen LogP contribution in [0.4, 0.5) is 0 Å². The van der Waals surface area contributed by atoms with Gasteiger partial charge in [-0.1, -0.05) is 0 Å². The molecule has 76 valence electrons. The van der Waals surface area contributed by atoms with Crippen molar-refractivity contribution in [2.45, 2.75) is 25.5 Å². The summed E-state index contributed by atoms with van der Waals surface area (Å²) < 4.78 is 5.23. The van der Waals surface area contributed by atoms with Crippen molar-refractivity contribution in [3.8, 4) is 0 Å². The van der Waals surface area contributed by atoms with Crippen LogP contribution in [0.15, 0.2) is 11.4 Å². The van der Waals surface area contributed by atoms with Gasteiger partial charge in [0.1, 0.15) is 0 Å². The predicted molar refractivity (Wildman–Crippen MR) is 57.7 cm³/mol. The molecule has 2 aliphatic heterocycles. The number of epoxide rings is 1. The number of ether oxygens (including phenoxy) is 1. The number of hydrogen-bond acceptors (Lipinski definition) is 3. The minimum atomic E-state index is 0.582. The van der Waals surface area contributed by atoms with Gasteiger partial charge < -0.3 is 4.74 Å². The van der Waals surface area contributed by atoms with Gasteiger partial charge in [-0.2, -0.15) is 0 Å². The van der Waals surface area contributed by atoms with Crippen LogP contribution in [0, 0.1) is 0 Å². The third-order valence-corrected chi connectivity index (χ3v) is 4.08. The minimum absolute atomic E-state index is 0.582. The first-order valence-electron chi connectivity index (χ1n) is 5.31. The van der Waals surface area contributed by atoms with Crippen LogP contribution in [0.5, 0.6) is 0 Å². The highest BCUT2D eigenvalue weighted by atomic mass is 32.1. The molecule has 1 aromatic heterocycles. The molecule has 1 saturated heterocycles. The lowest BCUT2D eigenvalue weighted by Crippen LogP contribution is -2.31. The second-order valence-electron chi connectivity index (χ2n) is 4.14. The van der Waals surface area contributed by atoms with Gasteiger partial charge in [0.15, 0.2) is 0 Å². The molecule has 0 aliphatic carbocycles. The highest BCUT2D eigenvalue weighted by Gasteiger charge is 2.24. The Morgan fingerprint density at radius 3 is 3.36 bits per heavy atom. The van der Waals surface area contributed by atoms with E-state index in [9.17, 15) is 0 Å². The molecule has 1 fully saturated rings. The van der Waals surface area contributed by atoms with Gasteiger partial charge >= 0.3 is 0 Å². The van der Waals surface area contributed by atoms with Crippen molar-refractivity contribution in [3.63, 3.8) is 0 Å². The Kier molecular flexibility index (Phi) is 2.32. The van der Waals surface area contributed by atoms with Gasteiger partial charge in [0.25, 0.3) is 0 Å². The van der Waals surface area contributed by atoms with Crippen molar-refractivity contribution in [1.82, 2.24) is 4.90 Å². The zero-order valence-electron chi connectivity index (χ0n) is 8.24. The van der Waals surface area contributed by atoms with Crippen LogP contribution >= 0.6 is 11.3 Å². The Hall–Kier alpha value is -0.380. The van der Waals surface area contributed by atoms with Gasteiger partial charge in [0, 0.05) is 24.5 Å². The molecule has 2 aliphatic rings. The molecule has 3 heterocycles. The molecular weight excluding hydrogens is 194 g/mol. The standard InChI is InChI=1S/C11H15NOS/c1(10-8-13-10)4-12-5-2-11-9(7-12)3-6-14-11/h3,6,10H,1-2,4-5,7-8H2. The summed E-state index contributed by atoms with van der Waals surface area (Å²) in [6, 6.07) is 2.28. The summed E-state index contributed by atoms with van der Waals surface area (Å²) in [6.07, 6.45) is 3.05. The van der Waals surface area contributed by atoms with Gasteiger partial charge in [-0.15, -0.1) is 11.3 Å². The molecule has 0 aromatic carbocycles. The van der Waals surface area contributed by atoms with Crippen molar-refractivity contribution in [3.05, 3.63) is 21.9 Å². The van der Waals surface area contributed by atoms with Crippen LogP contribution in [-0.4, -0.2) is 30.7 Å². The monoisotopic (exact) mass is 209 g/mol. The maximum Gasteiger partial charge on any atom is 0.0822 e. The molecule has 2 nitrogen and oxygen atoms in total. The van der Waals surface area contributed by atoms with E-state index < -0.39 is 0 Å². The van der Waals surface area contributed by atoms with Gasteiger partial charge in [-0.3, -0.25) is 4.90 Å². The average Bonchev–Trinajstić information content (AvgIpc) is 2.92. The summed E-state index contributed by atoms with van der Waals surface area (Å²) in [6.45, 7) is 4.60. The first-order chi connectivity index (χ1) is 6.92. The second kappa shape index (κ2) is 3.65. The lowest BCUT2D eigenvalue weighted by molar-refractivity contribution is 0.240. The first-order valence-corrected chi connectivity index (χ1v) is 6.19. The van der Waals surface area contributed by atoms with Gasteiger partial charge in [0.05, 0.1) is 12.7 Å². The van der Waals surface area contributed by atoms with Gasteiger partial charge in [-0.05, 0) is 29.9 Å². The Bertz CT molecular complexity index is 319. The summed E-state index contributed by atoms with van der Waals surface area (Å²) in [7, 11) is 0. The molecule has 3 heteroatoms. The van der Waals surface area contributed by atoms with E-state index in [0.717, 1.165) is 13.2 Å². The Labute approximate surface area is 88.5 Å². The molecule has 3 rings (SSSR count). The van der Waals surface area contributed by atoms with Crippen LogP contribution < -0.4 is 0 Å². The fraction of sp³-hybridized carbons (Fsp3) is 0.636. The van der Waals surface area contributed by atoms with E-state index in [1.54, 1.807) is 10.4 Å². The van der Waals surface area contributed by atoms with Crippen LogP contribution in [0.25, 0.3) is 0 Å². The van der Waals surface area contributed by atoms with Crippen molar-refractivity contribution in [2.24, 2.45) is 0 Å². The minimum Gasteiger partial charge on any atom is -0.373 e. The fourth-order valence-corrected chi connectivity index (χ4v) is 2.95. The predicted octanol–water partition coefficient (Wildman–Crippen LogP) is 1.90. The zero-order chi connectivity index (χ0) is 9.38. The number of rotatable bonds is 3. The summed E-state index contributed by atoms with van der Waals surface area (Å²) in [5, 5.41) is 2.22. The maximum atomic E-state index is 5.23. The van der Waals surface area contributed by atoms with Crippen molar-refractivity contribution >= 4 is 11.3 Å². The molecule has 0 spiro atoms. The summed E-state index contributed by atoms with van der Waals surface area (Å²) in [4.78, 5) is 4.15. The molecule has 0 amide bonds. The SMILES string of the molecule is c1cc2c(s1)CCN(CCC1CO1)C2. The van der Waals surface area contributed by atoms with E-state index in [2.05, 4.69) is 16.3 Å². The molecule has 1 aromatic rings. The molecular formula is C11H15NOS. The maximum absolute atomic E-state index is 5.23. The lowest BCUT2D eigenvalue weighted by Gasteiger charge is -2.26. The van der Waals surface area contributed by atoms with Crippen LogP contribution in [0.1, 0.15) is 16.9 Å². The third-order valence-electron chi connectivity index (χ3n) is 3.06. The Morgan fingerprint density at radius 1 is 1.57 bits per heavy atom. The number of fused-ring (bicyclic) bond motifs is 1. The summed E-state index contributed by atoms with van der Waals surface area (Å²) in [5.74, 6) is 0. The lowest BCUT2D eigenvalue weighted by atomic mass is 10.1. The Balaban J connectivity index is 1.57. The second-order valence-corrected chi connectivity index (χ2v) is 5.14. The average molecular weight is 209 g/mol. The van der Waals surface area contributed by atoms with Crippen LogP contribution in [-0.2, 0) is 17.7 Å². The highest BCUT2D eigenvalue weighted by Crippen LogP contribution is 2.24. The van der Waals surface area contributed by atoms with Crippen LogP contribution in [0.3, 0.4) is 0 Å². The van der Waals surface area contributed by atoms with E-state index in [-0.39, 0.29) is 0 Å². The van der Waals surface area contributed by atoms with E-state index in [1.165, 1.54) is 25.9 Å². The van der Waals surface area contributed by atoms with E-state index >= 15 is 0 Å². The number of hydrogen-bond donors (Lipinski definition) is 0. The quantitative estimate of drug-likeness (QED) is 0.707. The van der Waals surface area contributed by atoms with Crippen molar-refractivity contribution < 1.29 is 4.74 Å². The first kappa shape index (κ1) is 8.89. The largest absolute Gasteiger partial charge is 0.373 e. The van der Waals surface area contributed by atoms with Crippen molar-refractivity contribution in [2.75, 3.05) is 19.7 Å². The molecule has 0 saturated carbocycles. The normalized spacial score (nSPS) is 26.1. The highest BCUT2D eigenvalue weighted by molar-refractivity contribution is 7.10. The van der Waals surface area contributed by atoms with E-state index in [1.807, 2.05) is 11.3 Å². The van der Waals surface area contributed by atoms with Crippen LogP contribution in [0.2, 0.25) is 0 Å². The topological polar surface area (TPSA) is 15.8 Å².